The number of likely N-dealkylation sites (tertiary alicyclic amines) is 1. The minimum atomic E-state index is 0.565. The molecule has 20 heavy (non-hydrogen) atoms. The molecule has 1 fully saturated rings. The molecule has 0 amide bonds. The van der Waals surface area contributed by atoms with Gasteiger partial charge in [0.2, 0.25) is 0 Å². The Labute approximate surface area is 126 Å². The smallest absolute Gasteiger partial charge is 0.101 e. The quantitative estimate of drug-likeness (QED) is 0.898. The van der Waals surface area contributed by atoms with Crippen molar-refractivity contribution in [3.63, 3.8) is 0 Å². The topological polar surface area (TPSA) is 39.1 Å². The summed E-state index contributed by atoms with van der Waals surface area (Å²) in [5.41, 5.74) is 1.49. The summed E-state index contributed by atoms with van der Waals surface area (Å²) in [5.74, 6) is 0.565. The molecule has 1 unspecified atom stereocenters. The number of anilines is 1. The van der Waals surface area contributed by atoms with Gasteiger partial charge in [0, 0.05) is 18.1 Å². The van der Waals surface area contributed by atoms with Gasteiger partial charge in [-0.3, -0.25) is 0 Å². The van der Waals surface area contributed by atoms with Gasteiger partial charge < -0.3 is 10.2 Å². The summed E-state index contributed by atoms with van der Waals surface area (Å²) in [7, 11) is 0. The average molecular weight is 292 g/mol. The number of hydrogen-bond donors (Lipinski definition) is 1. The minimum Gasteiger partial charge on any atom is -0.384 e. The van der Waals surface area contributed by atoms with E-state index < -0.39 is 0 Å². The van der Waals surface area contributed by atoms with Crippen LogP contribution in [-0.4, -0.2) is 31.1 Å². The molecule has 0 aliphatic carbocycles. The first-order chi connectivity index (χ1) is 9.69. The number of hydrogen-bond acceptors (Lipinski definition) is 3. The van der Waals surface area contributed by atoms with E-state index in [4.69, 9.17) is 16.9 Å². The average Bonchev–Trinajstić information content (AvgIpc) is 2.47. The molecule has 0 saturated carbocycles. The summed E-state index contributed by atoms with van der Waals surface area (Å²) in [6.07, 6.45) is 4.03. The highest BCUT2D eigenvalue weighted by Gasteiger charge is 2.13. The van der Waals surface area contributed by atoms with Gasteiger partial charge in [-0.1, -0.05) is 24.9 Å². The van der Waals surface area contributed by atoms with Crippen molar-refractivity contribution in [2.45, 2.75) is 26.2 Å². The fraction of sp³-hybridized carbons (Fsp3) is 0.562. The number of benzene rings is 1. The zero-order chi connectivity index (χ0) is 14.4. The van der Waals surface area contributed by atoms with Gasteiger partial charge in [-0.2, -0.15) is 5.26 Å². The lowest BCUT2D eigenvalue weighted by atomic mass is 10.1. The Hall–Kier alpha value is -1.24. The van der Waals surface area contributed by atoms with Crippen LogP contribution in [0.5, 0.6) is 0 Å². The molecule has 0 bridgehead atoms. The van der Waals surface area contributed by atoms with E-state index in [1.807, 2.05) is 12.1 Å². The van der Waals surface area contributed by atoms with Gasteiger partial charge in [0.05, 0.1) is 11.3 Å². The molecular weight excluding hydrogens is 270 g/mol. The molecular formula is C16H22ClN3. The van der Waals surface area contributed by atoms with Gasteiger partial charge in [-0.15, -0.1) is 0 Å². The minimum absolute atomic E-state index is 0.565. The van der Waals surface area contributed by atoms with E-state index in [1.165, 1.54) is 32.4 Å². The summed E-state index contributed by atoms with van der Waals surface area (Å²) < 4.78 is 0. The van der Waals surface area contributed by atoms with Crippen LogP contribution in [-0.2, 0) is 0 Å². The van der Waals surface area contributed by atoms with Crippen molar-refractivity contribution in [3.8, 4) is 6.07 Å². The maximum absolute atomic E-state index is 9.11. The van der Waals surface area contributed by atoms with E-state index in [1.54, 1.807) is 6.07 Å². The Balaban J connectivity index is 1.83. The molecule has 1 aliphatic rings. The highest BCUT2D eigenvalue weighted by Crippen LogP contribution is 2.20. The lowest BCUT2D eigenvalue weighted by Gasteiger charge is -2.29. The fourth-order valence-electron chi connectivity index (χ4n) is 2.69. The highest BCUT2D eigenvalue weighted by molar-refractivity contribution is 6.30. The Morgan fingerprint density at radius 2 is 2.10 bits per heavy atom. The summed E-state index contributed by atoms with van der Waals surface area (Å²) in [4.78, 5) is 2.54. The number of nitrogens with zero attached hydrogens (tertiary/aromatic N) is 2. The molecule has 0 radical (unpaired) electrons. The molecule has 1 heterocycles. The monoisotopic (exact) mass is 291 g/mol. The Kier molecular flexibility index (Phi) is 5.70. The molecule has 4 heteroatoms. The molecule has 2 rings (SSSR count). The SMILES string of the molecule is CC(CNc1ccc(Cl)cc1C#N)CN1CCCCC1. The number of rotatable bonds is 5. The van der Waals surface area contributed by atoms with Crippen LogP contribution in [0.1, 0.15) is 31.7 Å². The van der Waals surface area contributed by atoms with Gasteiger partial charge in [0.25, 0.3) is 0 Å². The van der Waals surface area contributed by atoms with Crippen molar-refractivity contribution >= 4 is 17.3 Å². The Morgan fingerprint density at radius 1 is 1.35 bits per heavy atom. The second-order valence-corrected chi connectivity index (χ2v) is 6.09. The lowest BCUT2D eigenvalue weighted by molar-refractivity contribution is 0.204. The van der Waals surface area contributed by atoms with E-state index in [0.29, 0.717) is 16.5 Å². The molecule has 1 atom stereocenters. The molecule has 108 valence electrons. The highest BCUT2D eigenvalue weighted by atomic mass is 35.5. The molecule has 1 aromatic carbocycles. The third-order valence-electron chi connectivity index (χ3n) is 3.76. The number of nitrogens with one attached hydrogen (secondary N) is 1. The van der Waals surface area contributed by atoms with E-state index in [0.717, 1.165) is 18.8 Å². The van der Waals surface area contributed by atoms with Gasteiger partial charge in [0.15, 0.2) is 0 Å². The fourth-order valence-corrected chi connectivity index (χ4v) is 2.87. The first kappa shape index (κ1) is 15.2. The normalized spacial score (nSPS) is 17.4. The third kappa shape index (κ3) is 4.40. The van der Waals surface area contributed by atoms with Crippen molar-refractivity contribution in [2.24, 2.45) is 5.92 Å². The van der Waals surface area contributed by atoms with Crippen LogP contribution in [0.4, 0.5) is 5.69 Å². The largest absolute Gasteiger partial charge is 0.384 e. The van der Waals surface area contributed by atoms with Crippen LogP contribution in [0.15, 0.2) is 18.2 Å². The molecule has 0 aromatic heterocycles. The molecule has 1 saturated heterocycles. The van der Waals surface area contributed by atoms with Crippen molar-refractivity contribution in [2.75, 3.05) is 31.5 Å². The zero-order valence-electron chi connectivity index (χ0n) is 12.0. The van der Waals surface area contributed by atoms with E-state index in [9.17, 15) is 0 Å². The maximum Gasteiger partial charge on any atom is 0.101 e. The van der Waals surface area contributed by atoms with Crippen LogP contribution >= 0.6 is 11.6 Å². The van der Waals surface area contributed by atoms with Crippen LogP contribution in [0.2, 0.25) is 5.02 Å². The number of halogens is 1. The third-order valence-corrected chi connectivity index (χ3v) is 4.00. The van der Waals surface area contributed by atoms with Crippen LogP contribution < -0.4 is 5.32 Å². The second-order valence-electron chi connectivity index (χ2n) is 5.65. The summed E-state index contributed by atoms with van der Waals surface area (Å²) >= 11 is 5.90. The van der Waals surface area contributed by atoms with Crippen molar-refractivity contribution in [3.05, 3.63) is 28.8 Å². The van der Waals surface area contributed by atoms with E-state index in [2.05, 4.69) is 23.2 Å². The van der Waals surface area contributed by atoms with Gasteiger partial charge >= 0.3 is 0 Å². The molecule has 1 N–H and O–H groups in total. The van der Waals surface area contributed by atoms with Crippen molar-refractivity contribution < 1.29 is 0 Å². The van der Waals surface area contributed by atoms with Crippen LogP contribution in [0, 0.1) is 17.2 Å². The van der Waals surface area contributed by atoms with E-state index in [-0.39, 0.29) is 0 Å². The second kappa shape index (κ2) is 7.52. The lowest BCUT2D eigenvalue weighted by Crippen LogP contribution is -2.35. The van der Waals surface area contributed by atoms with Crippen molar-refractivity contribution in [1.29, 1.82) is 5.26 Å². The van der Waals surface area contributed by atoms with Crippen molar-refractivity contribution in [1.82, 2.24) is 4.90 Å². The molecule has 1 aromatic rings. The first-order valence-corrected chi connectivity index (χ1v) is 7.72. The Bertz CT molecular complexity index is 475. The van der Waals surface area contributed by atoms with E-state index >= 15 is 0 Å². The van der Waals surface area contributed by atoms with Gasteiger partial charge in [-0.25, -0.2) is 0 Å². The standard InChI is InChI=1S/C16H22ClN3/c1-13(12-20-7-3-2-4-8-20)11-19-16-6-5-15(17)9-14(16)10-18/h5-6,9,13,19H,2-4,7-8,11-12H2,1H3. The van der Waals surface area contributed by atoms with Crippen LogP contribution in [0.25, 0.3) is 0 Å². The predicted octanol–water partition coefficient (Wildman–Crippen LogP) is 3.75. The Morgan fingerprint density at radius 3 is 2.80 bits per heavy atom. The molecule has 0 spiro atoms. The summed E-state index contributed by atoms with van der Waals surface area (Å²) in [5, 5.41) is 13.1. The molecule has 3 nitrogen and oxygen atoms in total. The predicted molar refractivity (Wildman–Crippen MR) is 84.1 cm³/mol. The number of piperidine rings is 1. The number of nitriles is 1. The maximum atomic E-state index is 9.11. The first-order valence-electron chi connectivity index (χ1n) is 7.35. The zero-order valence-corrected chi connectivity index (χ0v) is 12.8. The van der Waals surface area contributed by atoms with Gasteiger partial charge in [0.1, 0.15) is 6.07 Å². The summed E-state index contributed by atoms with van der Waals surface area (Å²) in [6, 6.07) is 7.59. The summed E-state index contributed by atoms with van der Waals surface area (Å²) in [6.45, 7) is 6.72. The van der Waals surface area contributed by atoms with Crippen LogP contribution in [0.3, 0.4) is 0 Å². The molecule has 1 aliphatic heterocycles. The van der Waals surface area contributed by atoms with Gasteiger partial charge in [-0.05, 0) is 50.0 Å².